The van der Waals surface area contributed by atoms with Crippen LogP contribution < -0.4 is 5.32 Å². The molecule has 3 atom stereocenters. The van der Waals surface area contributed by atoms with Gasteiger partial charge in [-0.25, -0.2) is 0 Å². The fourth-order valence-electron chi connectivity index (χ4n) is 2.34. The molecule has 0 spiro atoms. The molecule has 3 unspecified atom stereocenters. The molecule has 1 aliphatic rings. The van der Waals surface area contributed by atoms with Gasteiger partial charge in [-0.2, -0.15) is 0 Å². The molecule has 0 radical (unpaired) electrons. The van der Waals surface area contributed by atoms with Crippen LogP contribution in [0.4, 0.5) is 0 Å². The Balaban J connectivity index is 1.89. The Morgan fingerprint density at radius 2 is 2.19 bits per heavy atom. The number of rotatable bonds is 2. The van der Waals surface area contributed by atoms with Gasteiger partial charge in [0.05, 0.1) is 4.88 Å². The molecule has 1 amide bonds. The van der Waals surface area contributed by atoms with Gasteiger partial charge in [0.25, 0.3) is 5.91 Å². The second-order valence-corrected chi connectivity index (χ2v) is 5.86. The van der Waals surface area contributed by atoms with Crippen LogP contribution in [0.2, 0.25) is 0 Å². The number of hydrogen-bond donors (Lipinski definition) is 1. The van der Waals surface area contributed by atoms with E-state index in [4.69, 9.17) is 0 Å². The average Bonchev–Trinajstić information content (AvgIpc) is 2.77. The Morgan fingerprint density at radius 1 is 1.38 bits per heavy atom. The predicted molar refractivity (Wildman–Crippen MR) is 67.8 cm³/mol. The molecule has 3 heteroatoms. The molecule has 1 N–H and O–H groups in total. The lowest BCUT2D eigenvalue weighted by Gasteiger charge is -2.32. The van der Waals surface area contributed by atoms with Crippen LogP contribution in [0, 0.1) is 11.8 Å². The number of amides is 1. The number of thiophene rings is 1. The molecule has 0 aromatic carbocycles. The summed E-state index contributed by atoms with van der Waals surface area (Å²) in [6.07, 6.45) is 3.48. The molecule has 1 aromatic rings. The zero-order valence-electron chi connectivity index (χ0n) is 9.90. The first-order chi connectivity index (χ1) is 7.66. The van der Waals surface area contributed by atoms with Crippen LogP contribution in [0.15, 0.2) is 17.5 Å². The highest BCUT2D eigenvalue weighted by molar-refractivity contribution is 7.12. The van der Waals surface area contributed by atoms with Gasteiger partial charge in [0.2, 0.25) is 0 Å². The molecule has 0 saturated heterocycles. The van der Waals surface area contributed by atoms with Crippen molar-refractivity contribution in [2.75, 3.05) is 0 Å². The van der Waals surface area contributed by atoms with Crippen LogP contribution in [0.3, 0.4) is 0 Å². The first-order valence-electron chi connectivity index (χ1n) is 6.01. The summed E-state index contributed by atoms with van der Waals surface area (Å²) in [4.78, 5) is 12.7. The Morgan fingerprint density at radius 3 is 2.81 bits per heavy atom. The monoisotopic (exact) mass is 237 g/mol. The van der Waals surface area contributed by atoms with Crippen LogP contribution in [-0.4, -0.2) is 11.9 Å². The fraction of sp³-hybridized carbons (Fsp3) is 0.615. The van der Waals surface area contributed by atoms with Gasteiger partial charge in [-0.1, -0.05) is 19.9 Å². The SMILES string of the molecule is CC1CCC(NC(=O)c2cccs2)CC1C. The maximum atomic E-state index is 11.9. The molecule has 16 heavy (non-hydrogen) atoms. The van der Waals surface area contributed by atoms with Gasteiger partial charge in [-0.15, -0.1) is 11.3 Å². The van der Waals surface area contributed by atoms with E-state index >= 15 is 0 Å². The smallest absolute Gasteiger partial charge is 0.261 e. The summed E-state index contributed by atoms with van der Waals surface area (Å²) in [5.74, 6) is 1.62. The van der Waals surface area contributed by atoms with E-state index in [1.807, 2.05) is 17.5 Å². The van der Waals surface area contributed by atoms with Crippen molar-refractivity contribution in [3.8, 4) is 0 Å². The van der Waals surface area contributed by atoms with Gasteiger partial charge < -0.3 is 5.32 Å². The molecular formula is C13H19NOS. The van der Waals surface area contributed by atoms with Gasteiger partial charge in [0.15, 0.2) is 0 Å². The molecule has 88 valence electrons. The lowest BCUT2D eigenvalue weighted by atomic mass is 9.79. The zero-order valence-corrected chi connectivity index (χ0v) is 10.7. The lowest BCUT2D eigenvalue weighted by Crippen LogP contribution is -2.39. The third-order valence-electron chi connectivity index (χ3n) is 3.68. The van der Waals surface area contributed by atoms with E-state index in [0.29, 0.717) is 6.04 Å². The average molecular weight is 237 g/mol. The quantitative estimate of drug-likeness (QED) is 0.840. The molecule has 1 aromatic heterocycles. The molecule has 0 aliphatic heterocycles. The highest BCUT2D eigenvalue weighted by Crippen LogP contribution is 2.29. The molecule has 1 saturated carbocycles. The van der Waals surface area contributed by atoms with Crippen LogP contribution in [0.1, 0.15) is 42.8 Å². The van der Waals surface area contributed by atoms with Crippen molar-refractivity contribution in [1.82, 2.24) is 5.32 Å². The van der Waals surface area contributed by atoms with Crippen LogP contribution in [0.25, 0.3) is 0 Å². The van der Waals surface area contributed by atoms with Gasteiger partial charge >= 0.3 is 0 Å². The molecule has 1 heterocycles. The van der Waals surface area contributed by atoms with Crippen LogP contribution in [-0.2, 0) is 0 Å². The van der Waals surface area contributed by atoms with Gasteiger partial charge in [-0.05, 0) is 42.5 Å². The number of carbonyl (C=O) groups is 1. The second-order valence-electron chi connectivity index (χ2n) is 4.92. The summed E-state index contributed by atoms with van der Waals surface area (Å²) in [5, 5.41) is 5.09. The summed E-state index contributed by atoms with van der Waals surface area (Å²) in [6, 6.07) is 4.18. The van der Waals surface area contributed by atoms with Gasteiger partial charge in [-0.3, -0.25) is 4.79 Å². The van der Waals surface area contributed by atoms with Gasteiger partial charge in [0, 0.05) is 6.04 Å². The topological polar surface area (TPSA) is 29.1 Å². The van der Waals surface area contributed by atoms with Crippen molar-refractivity contribution < 1.29 is 4.79 Å². The predicted octanol–water partition coefficient (Wildman–Crippen LogP) is 3.30. The zero-order chi connectivity index (χ0) is 11.5. The summed E-state index contributed by atoms with van der Waals surface area (Å²) in [5.41, 5.74) is 0. The minimum Gasteiger partial charge on any atom is -0.349 e. The van der Waals surface area contributed by atoms with E-state index in [9.17, 15) is 4.79 Å². The van der Waals surface area contributed by atoms with Crippen molar-refractivity contribution in [3.05, 3.63) is 22.4 Å². The summed E-state index contributed by atoms with van der Waals surface area (Å²) >= 11 is 1.51. The highest BCUT2D eigenvalue weighted by Gasteiger charge is 2.25. The largest absolute Gasteiger partial charge is 0.349 e. The Labute approximate surface area is 101 Å². The van der Waals surface area contributed by atoms with Crippen LogP contribution >= 0.6 is 11.3 Å². The molecule has 1 fully saturated rings. The number of nitrogens with one attached hydrogen (secondary N) is 1. The number of carbonyl (C=O) groups excluding carboxylic acids is 1. The van der Waals surface area contributed by atoms with Crippen molar-refractivity contribution in [3.63, 3.8) is 0 Å². The van der Waals surface area contributed by atoms with E-state index in [1.54, 1.807) is 0 Å². The number of hydrogen-bond acceptors (Lipinski definition) is 2. The standard InChI is InChI=1S/C13H19NOS/c1-9-5-6-11(8-10(9)2)14-13(15)12-4-3-7-16-12/h3-4,7,9-11H,5-6,8H2,1-2H3,(H,14,15). The highest BCUT2D eigenvalue weighted by atomic mass is 32.1. The van der Waals surface area contributed by atoms with E-state index in [1.165, 1.54) is 17.8 Å². The minimum atomic E-state index is 0.0988. The van der Waals surface area contributed by atoms with Crippen molar-refractivity contribution >= 4 is 17.2 Å². The Kier molecular flexibility index (Phi) is 3.64. The first kappa shape index (κ1) is 11.6. The maximum Gasteiger partial charge on any atom is 0.261 e. The third kappa shape index (κ3) is 2.64. The van der Waals surface area contributed by atoms with Crippen molar-refractivity contribution in [2.45, 2.75) is 39.2 Å². The van der Waals surface area contributed by atoms with E-state index in [0.717, 1.165) is 29.6 Å². The summed E-state index contributed by atoms with van der Waals surface area (Å²) < 4.78 is 0. The van der Waals surface area contributed by atoms with Gasteiger partial charge in [0.1, 0.15) is 0 Å². The van der Waals surface area contributed by atoms with E-state index in [-0.39, 0.29) is 5.91 Å². The van der Waals surface area contributed by atoms with E-state index in [2.05, 4.69) is 19.2 Å². The molecular weight excluding hydrogens is 218 g/mol. The van der Waals surface area contributed by atoms with Crippen molar-refractivity contribution in [1.29, 1.82) is 0 Å². The summed E-state index contributed by atoms with van der Waals surface area (Å²) in [6.45, 7) is 4.59. The molecule has 0 bridgehead atoms. The molecule has 2 nitrogen and oxygen atoms in total. The third-order valence-corrected chi connectivity index (χ3v) is 4.55. The normalized spacial score (nSPS) is 30.0. The first-order valence-corrected chi connectivity index (χ1v) is 6.89. The Bertz CT molecular complexity index is 347. The second kappa shape index (κ2) is 5.00. The minimum absolute atomic E-state index is 0.0988. The lowest BCUT2D eigenvalue weighted by molar-refractivity contribution is 0.0915. The Hall–Kier alpha value is -0.830. The fourth-order valence-corrected chi connectivity index (χ4v) is 2.97. The van der Waals surface area contributed by atoms with Crippen LogP contribution in [0.5, 0.6) is 0 Å². The molecule has 1 aliphatic carbocycles. The van der Waals surface area contributed by atoms with E-state index < -0.39 is 0 Å². The summed E-state index contributed by atoms with van der Waals surface area (Å²) in [7, 11) is 0. The molecule has 2 rings (SSSR count). The van der Waals surface area contributed by atoms with Crippen molar-refractivity contribution in [2.24, 2.45) is 11.8 Å². The maximum absolute atomic E-state index is 11.9.